The summed E-state index contributed by atoms with van der Waals surface area (Å²) < 4.78 is 5.61. The number of benzene rings is 1. The van der Waals surface area contributed by atoms with Gasteiger partial charge < -0.3 is 14.7 Å². The van der Waals surface area contributed by atoms with Crippen LogP contribution in [-0.2, 0) is 20.9 Å². The summed E-state index contributed by atoms with van der Waals surface area (Å²) >= 11 is 0. The van der Waals surface area contributed by atoms with Crippen molar-refractivity contribution in [1.29, 1.82) is 0 Å². The molecule has 0 saturated carbocycles. The van der Waals surface area contributed by atoms with Crippen molar-refractivity contribution >= 4 is 11.9 Å². The molecule has 5 nitrogen and oxygen atoms in total. The number of likely N-dealkylation sites (tertiary alicyclic amines) is 1. The molecule has 0 aromatic heterocycles. The average molecular weight is 291 g/mol. The predicted molar refractivity (Wildman–Crippen MR) is 77.6 cm³/mol. The molecule has 1 amide bonds. The van der Waals surface area contributed by atoms with Crippen LogP contribution >= 0.6 is 0 Å². The van der Waals surface area contributed by atoms with E-state index in [-0.39, 0.29) is 11.8 Å². The first-order chi connectivity index (χ1) is 10.1. The Bertz CT molecular complexity index is 480. The molecular formula is C16H21NO4. The molecule has 0 aliphatic carbocycles. The number of hydrogen-bond donors (Lipinski definition) is 1. The Morgan fingerprint density at radius 3 is 2.48 bits per heavy atom. The Balaban J connectivity index is 1.79. The van der Waals surface area contributed by atoms with Gasteiger partial charge in [0.2, 0.25) is 0 Å². The first kappa shape index (κ1) is 15.5. The van der Waals surface area contributed by atoms with E-state index in [1.165, 1.54) is 0 Å². The molecule has 1 aromatic carbocycles. The molecule has 1 N–H and O–H groups in total. The molecule has 0 radical (unpaired) electrons. The summed E-state index contributed by atoms with van der Waals surface area (Å²) in [6, 6.07) is 9.71. The fraction of sp³-hybridized carbons (Fsp3) is 0.500. The summed E-state index contributed by atoms with van der Waals surface area (Å²) in [5.41, 5.74) is 1.03. The zero-order valence-electron chi connectivity index (χ0n) is 12.2. The molecule has 1 aliphatic heterocycles. The van der Waals surface area contributed by atoms with Crippen molar-refractivity contribution in [3.05, 3.63) is 35.9 Å². The maximum absolute atomic E-state index is 12.2. The number of nitrogens with zero attached hydrogens (tertiary/aromatic N) is 1. The fourth-order valence-corrected chi connectivity index (χ4v) is 2.47. The smallest absolute Gasteiger partial charge is 0.306 e. The van der Waals surface area contributed by atoms with Crippen LogP contribution in [0, 0.1) is 5.92 Å². The van der Waals surface area contributed by atoms with Crippen molar-refractivity contribution in [2.75, 3.05) is 13.1 Å². The minimum absolute atomic E-state index is 0.0604. The number of carbonyl (C=O) groups is 2. The van der Waals surface area contributed by atoms with E-state index in [1.54, 1.807) is 11.8 Å². The summed E-state index contributed by atoms with van der Waals surface area (Å²) in [7, 11) is 0. The topological polar surface area (TPSA) is 66.8 Å². The SMILES string of the molecule is C[C@H](OCc1ccccc1)C(=O)N1CCC(C(=O)O)CC1. The van der Waals surface area contributed by atoms with E-state index in [0.717, 1.165) is 5.56 Å². The van der Waals surface area contributed by atoms with E-state index in [1.807, 2.05) is 30.3 Å². The van der Waals surface area contributed by atoms with Gasteiger partial charge in [0.05, 0.1) is 12.5 Å². The van der Waals surface area contributed by atoms with Crippen LogP contribution < -0.4 is 0 Å². The van der Waals surface area contributed by atoms with Crippen LogP contribution in [0.5, 0.6) is 0 Å². The van der Waals surface area contributed by atoms with Crippen LogP contribution in [0.4, 0.5) is 0 Å². The zero-order valence-corrected chi connectivity index (χ0v) is 12.2. The Kier molecular flexibility index (Phi) is 5.33. The molecule has 5 heteroatoms. The molecule has 0 unspecified atom stereocenters. The molecular weight excluding hydrogens is 270 g/mol. The van der Waals surface area contributed by atoms with Gasteiger partial charge in [0.15, 0.2) is 0 Å². The molecule has 1 saturated heterocycles. The third kappa shape index (κ3) is 4.29. The van der Waals surface area contributed by atoms with Gasteiger partial charge in [-0.05, 0) is 25.3 Å². The number of hydrogen-bond acceptors (Lipinski definition) is 3. The maximum atomic E-state index is 12.2. The molecule has 2 rings (SSSR count). The first-order valence-corrected chi connectivity index (χ1v) is 7.25. The number of ether oxygens (including phenoxy) is 1. The van der Waals surface area contributed by atoms with Gasteiger partial charge in [-0.25, -0.2) is 0 Å². The Morgan fingerprint density at radius 2 is 1.90 bits per heavy atom. The van der Waals surface area contributed by atoms with E-state index >= 15 is 0 Å². The largest absolute Gasteiger partial charge is 0.481 e. The monoisotopic (exact) mass is 291 g/mol. The van der Waals surface area contributed by atoms with Crippen LogP contribution in [-0.4, -0.2) is 41.1 Å². The lowest BCUT2D eigenvalue weighted by Crippen LogP contribution is -2.44. The number of carboxylic acids is 1. The second-order valence-electron chi connectivity index (χ2n) is 5.38. The first-order valence-electron chi connectivity index (χ1n) is 7.25. The Hall–Kier alpha value is -1.88. The van der Waals surface area contributed by atoms with E-state index in [0.29, 0.717) is 32.5 Å². The summed E-state index contributed by atoms with van der Waals surface area (Å²) in [6.45, 7) is 3.14. The van der Waals surface area contributed by atoms with Crippen molar-refractivity contribution in [2.24, 2.45) is 5.92 Å². The molecule has 1 heterocycles. The normalized spacial score (nSPS) is 17.5. The quantitative estimate of drug-likeness (QED) is 0.900. The lowest BCUT2D eigenvalue weighted by molar-refractivity contribution is -0.150. The van der Waals surface area contributed by atoms with Crippen LogP contribution in [0.2, 0.25) is 0 Å². The lowest BCUT2D eigenvalue weighted by atomic mass is 9.97. The van der Waals surface area contributed by atoms with Gasteiger partial charge in [-0.2, -0.15) is 0 Å². The maximum Gasteiger partial charge on any atom is 0.306 e. The van der Waals surface area contributed by atoms with E-state index < -0.39 is 12.1 Å². The van der Waals surface area contributed by atoms with Gasteiger partial charge in [-0.1, -0.05) is 30.3 Å². The summed E-state index contributed by atoms with van der Waals surface area (Å²) in [6.07, 6.45) is 0.533. The van der Waals surface area contributed by atoms with Gasteiger partial charge in [-0.15, -0.1) is 0 Å². The van der Waals surface area contributed by atoms with Crippen molar-refractivity contribution in [1.82, 2.24) is 4.90 Å². The highest BCUT2D eigenvalue weighted by Crippen LogP contribution is 2.18. The molecule has 0 bridgehead atoms. The van der Waals surface area contributed by atoms with Crippen molar-refractivity contribution < 1.29 is 19.4 Å². The van der Waals surface area contributed by atoms with Gasteiger partial charge >= 0.3 is 5.97 Å². The van der Waals surface area contributed by atoms with E-state index in [2.05, 4.69) is 0 Å². The average Bonchev–Trinajstić information content (AvgIpc) is 2.53. The third-order valence-corrected chi connectivity index (χ3v) is 3.85. The second kappa shape index (κ2) is 7.22. The van der Waals surface area contributed by atoms with E-state index in [4.69, 9.17) is 9.84 Å². The second-order valence-corrected chi connectivity index (χ2v) is 5.38. The summed E-state index contributed by atoms with van der Waals surface area (Å²) in [5.74, 6) is -1.15. The highest BCUT2D eigenvalue weighted by atomic mass is 16.5. The molecule has 1 atom stereocenters. The molecule has 1 aliphatic rings. The van der Waals surface area contributed by atoms with Crippen LogP contribution in [0.1, 0.15) is 25.3 Å². The molecule has 1 aromatic rings. The number of carbonyl (C=O) groups excluding carboxylic acids is 1. The number of carboxylic acid groups (broad SMARTS) is 1. The highest BCUT2D eigenvalue weighted by Gasteiger charge is 2.29. The lowest BCUT2D eigenvalue weighted by Gasteiger charge is -2.31. The number of rotatable bonds is 5. The van der Waals surface area contributed by atoms with Crippen molar-refractivity contribution in [2.45, 2.75) is 32.5 Å². The molecule has 21 heavy (non-hydrogen) atoms. The van der Waals surface area contributed by atoms with Crippen molar-refractivity contribution in [3.8, 4) is 0 Å². The van der Waals surface area contributed by atoms with Crippen LogP contribution in [0.3, 0.4) is 0 Å². The fourth-order valence-electron chi connectivity index (χ4n) is 2.47. The van der Waals surface area contributed by atoms with Crippen molar-refractivity contribution in [3.63, 3.8) is 0 Å². The summed E-state index contributed by atoms with van der Waals surface area (Å²) in [4.78, 5) is 24.8. The van der Waals surface area contributed by atoms with E-state index in [9.17, 15) is 9.59 Å². The molecule has 1 fully saturated rings. The highest BCUT2D eigenvalue weighted by molar-refractivity contribution is 5.81. The van der Waals surface area contributed by atoms with Gasteiger partial charge in [0.1, 0.15) is 6.10 Å². The predicted octanol–water partition coefficient (Wildman–Crippen LogP) is 1.91. The van der Waals surface area contributed by atoms with Gasteiger partial charge in [-0.3, -0.25) is 9.59 Å². The minimum Gasteiger partial charge on any atom is -0.481 e. The number of amides is 1. The van der Waals surface area contributed by atoms with Crippen LogP contribution in [0.15, 0.2) is 30.3 Å². The third-order valence-electron chi connectivity index (χ3n) is 3.85. The van der Waals surface area contributed by atoms with Gasteiger partial charge in [0.25, 0.3) is 5.91 Å². The van der Waals surface area contributed by atoms with Crippen LogP contribution in [0.25, 0.3) is 0 Å². The van der Waals surface area contributed by atoms with Gasteiger partial charge in [0, 0.05) is 13.1 Å². The summed E-state index contributed by atoms with van der Waals surface area (Å²) in [5, 5.41) is 8.95. The Labute approximate surface area is 124 Å². The zero-order chi connectivity index (χ0) is 15.2. The number of piperidine rings is 1. The number of aliphatic carboxylic acids is 1. The molecule has 114 valence electrons. The standard InChI is InChI=1S/C16H21NO4/c1-12(21-11-13-5-3-2-4-6-13)15(18)17-9-7-14(8-10-17)16(19)20/h2-6,12,14H,7-11H2,1H3,(H,19,20)/t12-/m0/s1. The minimum atomic E-state index is -0.768. The molecule has 0 spiro atoms. The Morgan fingerprint density at radius 1 is 1.29 bits per heavy atom.